The van der Waals surface area contributed by atoms with Crippen LogP contribution in [0.2, 0.25) is 0 Å². The molecule has 26 heavy (non-hydrogen) atoms. The Hall–Kier alpha value is -2.49. The van der Waals surface area contributed by atoms with Crippen molar-refractivity contribution >= 4 is 0 Å². The zero-order valence-electron chi connectivity index (χ0n) is 14.9. The molecule has 0 aliphatic carbocycles. The molecule has 2 fully saturated rings. The van der Waals surface area contributed by atoms with Crippen LogP contribution in [-0.2, 0) is 11.3 Å². The van der Waals surface area contributed by atoms with E-state index in [0.717, 1.165) is 37.6 Å². The maximum atomic E-state index is 8.86. The number of aryl methyl sites for hydroxylation is 1. The summed E-state index contributed by atoms with van der Waals surface area (Å²) in [4.78, 5) is 11.3. The lowest BCUT2D eigenvalue weighted by Crippen LogP contribution is -2.37. The Morgan fingerprint density at radius 1 is 1.38 bits per heavy atom. The first-order valence-electron chi connectivity index (χ1n) is 8.88. The summed E-state index contributed by atoms with van der Waals surface area (Å²) in [7, 11) is 0. The first kappa shape index (κ1) is 17.0. The van der Waals surface area contributed by atoms with Gasteiger partial charge in [0.15, 0.2) is 0 Å². The van der Waals surface area contributed by atoms with E-state index in [2.05, 4.69) is 33.1 Å². The predicted molar refractivity (Wildman–Crippen MR) is 95.4 cm³/mol. The van der Waals surface area contributed by atoms with E-state index in [-0.39, 0.29) is 5.41 Å². The van der Waals surface area contributed by atoms with E-state index < -0.39 is 0 Å². The second-order valence-corrected chi connectivity index (χ2v) is 7.30. The van der Waals surface area contributed by atoms with Crippen LogP contribution in [0.25, 0.3) is 0 Å². The number of ether oxygens (including phenoxy) is 2. The molecule has 0 radical (unpaired) electrons. The molecule has 0 amide bonds. The molecule has 4 heterocycles. The van der Waals surface area contributed by atoms with E-state index in [9.17, 15) is 0 Å². The van der Waals surface area contributed by atoms with Crippen LogP contribution in [0, 0.1) is 29.6 Å². The van der Waals surface area contributed by atoms with Crippen LogP contribution in [0.3, 0.4) is 0 Å². The molecule has 0 N–H and O–H groups in total. The molecule has 4 rings (SSSR count). The van der Waals surface area contributed by atoms with Crippen LogP contribution < -0.4 is 4.74 Å². The molecular formula is C20H22N4O2. The minimum absolute atomic E-state index is 0.000590. The third kappa shape index (κ3) is 3.41. The Morgan fingerprint density at radius 3 is 3.08 bits per heavy atom. The summed E-state index contributed by atoms with van der Waals surface area (Å²) < 4.78 is 11.7. The molecule has 2 saturated heterocycles. The average Bonchev–Trinajstić information content (AvgIpc) is 3.17. The highest BCUT2D eigenvalue weighted by Gasteiger charge is 2.51. The van der Waals surface area contributed by atoms with Crippen molar-refractivity contribution in [1.29, 1.82) is 5.26 Å². The van der Waals surface area contributed by atoms with E-state index in [1.165, 1.54) is 0 Å². The highest BCUT2D eigenvalue weighted by molar-refractivity contribution is 5.28. The quantitative estimate of drug-likeness (QED) is 0.823. The van der Waals surface area contributed by atoms with E-state index in [1.807, 2.05) is 13.0 Å². The number of nitriles is 1. The molecule has 134 valence electrons. The van der Waals surface area contributed by atoms with Gasteiger partial charge in [0.2, 0.25) is 5.88 Å². The van der Waals surface area contributed by atoms with Crippen LogP contribution in [0.15, 0.2) is 36.5 Å². The first-order valence-corrected chi connectivity index (χ1v) is 8.88. The van der Waals surface area contributed by atoms with Crippen molar-refractivity contribution in [3.05, 3.63) is 53.5 Å². The van der Waals surface area contributed by atoms with Gasteiger partial charge >= 0.3 is 0 Å². The summed E-state index contributed by atoms with van der Waals surface area (Å²) in [5, 5.41) is 8.86. The predicted octanol–water partition coefficient (Wildman–Crippen LogP) is 2.18. The zero-order valence-corrected chi connectivity index (χ0v) is 14.9. The molecule has 0 aromatic carbocycles. The third-order valence-corrected chi connectivity index (χ3v) is 5.30. The monoisotopic (exact) mass is 350 g/mol. The van der Waals surface area contributed by atoms with Crippen LogP contribution in [0.5, 0.6) is 5.88 Å². The third-order valence-electron chi connectivity index (χ3n) is 5.30. The minimum Gasteiger partial charge on any atom is -0.477 e. The van der Waals surface area contributed by atoms with Gasteiger partial charge in [-0.1, -0.05) is 6.07 Å². The van der Waals surface area contributed by atoms with Crippen molar-refractivity contribution in [2.45, 2.75) is 13.5 Å². The maximum Gasteiger partial charge on any atom is 0.213 e. The highest BCUT2D eigenvalue weighted by Crippen LogP contribution is 2.42. The van der Waals surface area contributed by atoms with Gasteiger partial charge in [0.25, 0.3) is 0 Å². The zero-order chi connectivity index (χ0) is 18.0. The van der Waals surface area contributed by atoms with Gasteiger partial charge in [-0.25, -0.2) is 4.98 Å². The molecule has 0 bridgehead atoms. The molecular weight excluding hydrogens is 328 g/mol. The maximum absolute atomic E-state index is 8.86. The summed E-state index contributed by atoms with van der Waals surface area (Å²) in [5.41, 5.74) is 2.69. The summed E-state index contributed by atoms with van der Waals surface area (Å²) in [6.45, 7) is 6.89. The van der Waals surface area contributed by atoms with Crippen molar-refractivity contribution in [2.75, 3.05) is 32.9 Å². The molecule has 2 atom stereocenters. The molecule has 6 heteroatoms. The van der Waals surface area contributed by atoms with Crippen LogP contribution in [0.1, 0.15) is 17.0 Å². The van der Waals surface area contributed by atoms with Crippen LogP contribution >= 0.6 is 0 Å². The Bertz CT molecular complexity index is 817. The van der Waals surface area contributed by atoms with Crippen molar-refractivity contribution < 1.29 is 9.47 Å². The highest BCUT2D eigenvalue weighted by atomic mass is 16.5. The van der Waals surface area contributed by atoms with E-state index in [1.54, 1.807) is 18.3 Å². The fourth-order valence-electron chi connectivity index (χ4n) is 3.93. The van der Waals surface area contributed by atoms with E-state index in [0.29, 0.717) is 30.6 Å². The second-order valence-electron chi connectivity index (χ2n) is 7.30. The van der Waals surface area contributed by atoms with Gasteiger partial charge < -0.3 is 9.47 Å². The van der Waals surface area contributed by atoms with Crippen molar-refractivity contribution in [2.24, 2.45) is 11.3 Å². The normalized spacial score (nSPS) is 25.0. The SMILES string of the molecule is Cc1cccc(CN2C[C@@H]3COC[C@]3(COc3ccc(C#N)cn3)C2)n1. The van der Waals surface area contributed by atoms with Gasteiger partial charge in [-0.05, 0) is 25.1 Å². The van der Waals surface area contributed by atoms with Gasteiger partial charge in [-0.3, -0.25) is 9.88 Å². The Balaban J connectivity index is 1.41. The van der Waals surface area contributed by atoms with Gasteiger partial charge in [0.05, 0.1) is 31.1 Å². The Labute approximate surface area is 153 Å². The molecule has 0 spiro atoms. The number of pyridine rings is 2. The lowest BCUT2D eigenvalue weighted by molar-refractivity contribution is 0.0879. The van der Waals surface area contributed by atoms with Crippen molar-refractivity contribution in [1.82, 2.24) is 14.9 Å². The van der Waals surface area contributed by atoms with Crippen LogP contribution in [0.4, 0.5) is 0 Å². The van der Waals surface area contributed by atoms with Gasteiger partial charge in [0, 0.05) is 48.9 Å². The van der Waals surface area contributed by atoms with Crippen molar-refractivity contribution in [3.63, 3.8) is 0 Å². The van der Waals surface area contributed by atoms with Crippen molar-refractivity contribution in [3.8, 4) is 11.9 Å². The molecule has 2 aliphatic heterocycles. The fourth-order valence-corrected chi connectivity index (χ4v) is 3.93. The smallest absolute Gasteiger partial charge is 0.213 e. The molecule has 0 unspecified atom stereocenters. The minimum atomic E-state index is -0.000590. The first-order chi connectivity index (χ1) is 12.7. The van der Waals surface area contributed by atoms with Crippen LogP contribution in [-0.4, -0.2) is 47.8 Å². The number of hydrogen-bond donors (Lipinski definition) is 0. The van der Waals surface area contributed by atoms with E-state index in [4.69, 9.17) is 14.7 Å². The molecule has 2 aromatic heterocycles. The average molecular weight is 350 g/mol. The molecule has 0 saturated carbocycles. The standard InChI is InChI=1S/C20H22N4O2/c1-15-3-2-4-18(23-15)10-24-9-17-11-25-13-20(17,12-24)14-26-19-6-5-16(7-21)8-22-19/h2-6,8,17H,9-14H2,1H3/t17-,20+/m1/s1. The number of hydrogen-bond acceptors (Lipinski definition) is 6. The summed E-state index contributed by atoms with van der Waals surface area (Å²) in [6.07, 6.45) is 1.54. The number of rotatable bonds is 5. The van der Waals surface area contributed by atoms with Gasteiger partial charge in [-0.2, -0.15) is 5.26 Å². The van der Waals surface area contributed by atoms with E-state index >= 15 is 0 Å². The lowest BCUT2D eigenvalue weighted by atomic mass is 9.82. The summed E-state index contributed by atoms with van der Waals surface area (Å²) in [6, 6.07) is 11.7. The summed E-state index contributed by atoms with van der Waals surface area (Å²) >= 11 is 0. The Kier molecular flexibility index (Phi) is 4.58. The molecule has 2 aliphatic rings. The number of likely N-dealkylation sites (tertiary alicyclic amines) is 1. The summed E-state index contributed by atoms with van der Waals surface area (Å²) in [5.74, 6) is 1.02. The topological polar surface area (TPSA) is 71.3 Å². The second kappa shape index (κ2) is 7.02. The fraction of sp³-hybridized carbons (Fsp3) is 0.450. The number of fused-ring (bicyclic) bond motifs is 1. The molecule has 2 aromatic rings. The van der Waals surface area contributed by atoms with Gasteiger partial charge in [0.1, 0.15) is 6.07 Å². The lowest BCUT2D eigenvalue weighted by Gasteiger charge is -2.27. The number of aromatic nitrogens is 2. The number of nitrogens with zero attached hydrogens (tertiary/aromatic N) is 4. The largest absolute Gasteiger partial charge is 0.477 e. The Morgan fingerprint density at radius 2 is 2.31 bits per heavy atom. The molecule has 6 nitrogen and oxygen atoms in total. The van der Waals surface area contributed by atoms with Gasteiger partial charge in [-0.15, -0.1) is 0 Å².